The molecule has 3 aromatic rings. The number of nitrogens with one attached hydrogen (secondary N) is 1. The Labute approximate surface area is 227 Å². The van der Waals surface area contributed by atoms with E-state index in [0.29, 0.717) is 35.4 Å². The molecule has 206 valence electrons. The van der Waals surface area contributed by atoms with Gasteiger partial charge in [0.2, 0.25) is 9.84 Å². The molecule has 4 rings (SSSR count). The van der Waals surface area contributed by atoms with Crippen LogP contribution in [0.3, 0.4) is 0 Å². The molecule has 1 aliphatic heterocycles. The van der Waals surface area contributed by atoms with E-state index in [0.717, 1.165) is 4.90 Å². The Morgan fingerprint density at radius 1 is 0.949 bits per heavy atom. The lowest BCUT2D eigenvalue weighted by molar-refractivity contribution is 0.0525. The Bertz CT molecular complexity index is 1500. The number of sulfone groups is 1. The molecule has 3 amide bonds. The zero-order valence-electron chi connectivity index (χ0n) is 22.6. The number of hydrogen-bond donors (Lipinski definition) is 1. The minimum Gasteiger partial charge on any atom is -0.444 e. The first-order chi connectivity index (χ1) is 18.4. The monoisotopic (exact) mass is 552 g/mol. The van der Waals surface area contributed by atoms with Gasteiger partial charge in [0.05, 0.1) is 39.6 Å². The molecule has 0 spiro atoms. The molecule has 1 aromatic heterocycles. The molecule has 10 nitrogen and oxygen atoms in total. The van der Waals surface area contributed by atoms with Crippen LogP contribution in [-0.2, 0) is 34.0 Å². The van der Waals surface area contributed by atoms with Crippen molar-refractivity contribution < 1.29 is 27.5 Å². The van der Waals surface area contributed by atoms with Gasteiger partial charge in [-0.3, -0.25) is 14.3 Å². The van der Waals surface area contributed by atoms with Crippen LogP contribution in [0, 0.1) is 0 Å². The summed E-state index contributed by atoms with van der Waals surface area (Å²) in [5, 5.41) is 7.21. The molecule has 0 radical (unpaired) electrons. The lowest BCUT2D eigenvalue weighted by Gasteiger charge is -2.19. The van der Waals surface area contributed by atoms with Gasteiger partial charge in [-0.15, -0.1) is 0 Å². The van der Waals surface area contributed by atoms with Gasteiger partial charge in [0.25, 0.3) is 11.8 Å². The van der Waals surface area contributed by atoms with Crippen molar-refractivity contribution in [2.24, 2.45) is 0 Å². The molecule has 1 N–H and O–H groups in total. The first-order valence-corrected chi connectivity index (χ1v) is 14.3. The number of nitrogens with zero attached hydrogens (tertiary/aromatic N) is 3. The molecule has 2 heterocycles. The summed E-state index contributed by atoms with van der Waals surface area (Å²) in [5.41, 5.74) is 1.24. The van der Waals surface area contributed by atoms with Crippen molar-refractivity contribution in [3.05, 3.63) is 71.0 Å². The van der Waals surface area contributed by atoms with Crippen LogP contribution in [0.25, 0.3) is 0 Å². The third-order valence-electron chi connectivity index (χ3n) is 6.21. The lowest BCUT2D eigenvalue weighted by Crippen LogP contribution is -2.34. The number of hydrogen-bond acceptors (Lipinski definition) is 7. The van der Waals surface area contributed by atoms with E-state index in [9.17, 15) is 22.8 Å². The van der Waals surface area contributed by atoms with E-state index in [4.69, 9.17) is 4.74 Å². The van der Waals surface area contributed by atoms with Crippen molar-refractivity contribution in [2.45, 2.75) is 69.4 Å². The second-order valence-electron chi connectivity index (χ2n) is 10.1. The van der Waals surface area contributed by atoms with Gasteiger partial charge in [-0.25, -0.2) is 18.1 Å². The maximum absolute atomic E-state index is 13.8. The van der Waals surface area contributed by atoms with Crippen LogP contribution < -0.4 is 10.2 Å². The van der Waals surface area contributed by atoms with Crippen LogP contribution in [-0.4, -0.2) is 48.3 Å². The molecule has 1 aliphatic rings. The molecule has 0 saturated heterocycles. The molecule has 11 heteroatoms. The van der Waals surface area contributed by atoms with Crippen molar-refractivity contribution in [3.8, 4) is 0 Å². The summed E-state index contributed by atoms with van der Waals surface area (Å²) in [6.45, 7) is 9.46. The Balaban J connectivity index is 1.59. The first-order valence-electron chi connectivity index (χ1n) is 12.8. The maximum Gasteiger partial charge on any atom is 0.407 e. The highest BCUT2D eigenvalue weighted by Gasteiger charge is 2.36. The maximum atomic E-state index is 13.8. The summed E-state index contributed by atoms with van der Waals surface area (Å²) in [6, 6.07) is 12.3. The standard InChI is InChI=1S/C28H32N4O6S/c1-6-22-24(23(7-2)31(30-22)17-16-29-27(35)38-28(3,4)5)39(36,37)19-14-12-18(13-15-19)32-25(33)20-10-8-9-11-21(20)26(32)34/h8-15H,6-7,16-17H2,1-5H3,(H,29,35). The Morgan fingerprint density at radius 3 is 2.05 bits per heavy atom. The van der Waals surface area contributed by atoms with Crippen molar-refractivity contribution >= 4 is 33.4 Å². The third-order valence-corrected chi connectivity index (χ3v) is 8.11. The zero-order chi connectivity index (χ0) is 28.5. The van der Waals surface area contributed by atoms with Crippen LogP contribution in [0.5, 0.6) is 0 Å². The van der Waals surface area contributed by atoms with E-state index in [1.165, 1.54) is 24.3 Å². The minimum absolute atomic E-state index is 0.0266. The molecule has 0 atom stereocenters. The first kappa shape index (κ1) is 28.0. The number of aromatic nitrogens is 2. The van der Waals surface area contributed by atoms with Gasteiger partial charge in [0.1, 0.15) is 10.5 Å². The molecule has 2 aromatic carbocycles. The van der Waals surface area contributed by atoms with Gasteiger partial charge in [0.15, 0.2) is 0 Å². The lowest BCUT2D eigenvalue weighted by atomic mass is 10.1. The van der Waals surface area contributed by atoms with Crippen LogP contribution in [0.2, 0.25) is 0 Å². The highest BCUT2D eigenvalue weighted by Crippen LogP contribution is 2.32. The highest BCUT2D eigenvalue weighted by atomic mass is 32.2. The normalized spacial score (nSPS) is 13.5. The van der Waals surface area contributed by atoms with Crippen molar-refractivity contribution in [2.75, 3.05) is 11.4 Å². The second kappa shape index (κ2) is 10.6. The third kappa shape index (κ3) is 5.44. The number of rotatable bonds is 8. The fourth-order valence-electron chi connectivity index (χ4n) is 4.50. The molecule has 0 bridgehead atoms. The summed E-state index contributed by atoms with van der Waals surface area (Å²) in [5.74, 6) is -0.900. The number of amides is 3. The Hall–Kier alpha value is -3.99. The number of carbonyl (C=O) groups excluding carboxylic acids is 3. The van der Waals surface area contributed by atoms with Gasteiger partial charge in [-0.1, -0.05) is 26.0 Å². The van der Waals surface area contributed by atoms with E-state index in [2.05, 4.69) is 10.4 Å². The molecule has 0 unspecified atom stereocenters. The number of imide groups is 1. The van der Waals surface area contributed by atoms with E-state index >= 15 is 0 Å². The minimum atomic E-state index is -3.97. The number of anilines is 1. The molecule has 0 fully saturated rings. The van der Waals surface area contributed by atoms with Crippen molar-refractivity contribution in [1.29, 1.82) is 0 Å². The number of alkyl carbamates (subject to hydrolysis) is 1. The fraction of sp³-hybridized carbons (Fsp3) is 0.357. The quantitative estimate of drug-likeness (QED) is 0.416. The molecule has 0 aliphatic carbocycles. The average molecular weight is 553 g/mol. The number of aryl methyl sites for hydroxylation is 1. The summed E-state index contributed by atoms with van der Waals surface area (Å²) < 4.78 is 34.4. The van der Waals surface area contributed by atoms with Gasteiger partial charge < -0.3 is 10.1 Å². The Kier molecular flexibility index (Phi) is 7.65. The van der Waals surface area contributed by atoms with E-state index in [-0.39, 0.29) is 28.6 Å². The van der Waals surface area contributed by atoms with Gasteiger partial charge in [0, 0.05) is 6.54 Å². The van der Waals surface area contributed by atoms with E-state index < -0.39 is 33.3 Å². The van der Waals surface area contributed by atoms with Gasteiger partial charge in [-0.2, -0.15) is 5.10 Å². The zero-order valence-corrected chi connectivity index (χ0v) is 23.5. The second-order valence-corrected chi connectivity index (χ2v) is 12.0. The summed E-state index contributed by atoms with van der Waals surface area (Å²) in [7, 11) is -3.97. The number of fused-ring (bicyclic) bond motifs is 1. The molecular formula is C28H32N4O6S. The molecule has 39 heavy (non-hydrogen) atoms. The molecular weight excluding hydrogens is 520 g/mol. The number of benzene rings is 2. The topological polar surface area (TPSA) is 128 Å². The largest absolute Gasteiger partial charge is 0.444 e. The molecule has 0 saturated carbocycles. The number of carbonyl (C=O) groups is 3. The average Bonchev–Trinajstić information content (AvgIpc) is 3.38. The summed E-state index contributed by atoms with van der Waals surface area (Å²) in [6.07, 6.45) is 0.233. The van der Waals surface area contributed by atoms with Crippen LogP contribution in [0.1, 0.15) is 66.7 Å². The highest BCUT2D eigenvalue weighted by molar-refractivity contribution is 7.91. The van der Waals surface area contributed by atoms with E-state index in [1.54, 1.807) is 49.7 Å². The van der Waals surface area contributed by atoms with Gasteiger partial charge in [-0.05, 0) is 70.0 Å². The predicted octanol–water partition coefficient (Wildman–Crippen LogP) is 4.17. The SMILES string of the molecule is CCc1nn(CCNC(=O)OC(C)(C)C)c(CC)c1S(=O)(=O)c1ccc(N2C(=O)c3ccccc3C2=O)cc1. The van der Waals surface area contributed by atoms with Crippen LogP contribution >= 0.6 is 0 Å². The number of ether oxygens (including phenoxy) is 1. The fourth-order valence-corrected chi connectivity index (χ4v) is 6.28. The summed E-state index contributed by atoms with van der Waals surface area (Å²) >= 11 is 0. The van der Waals surface area contributed by atoms with E-state index in [1.807, 2.05) is 13.8 Å². The van der Waals surface area contributed by atoms with Crippen LogP contribution in [0.15, 0.2) is 58.3 Å². The smallest absolute Gasteiger partial charge is 0.407 e. The summed E-state index contributed by atoms with van der Waals surface area (Å²) in [4.78, 5) is 38.8. The van der Waals surface area contributed by atoms with Crippen molar-refractivity contribution in [3.63, 3.8) is 0 Å². The Morgan fingerprint density at radius 2 is 1.54 bits per heavy atom. The van der Waals surface area contributed by atoms with Crippen molar-refractivity contribution in [1.82, 2.24) is 15.1 Å². The predicted molar refractivity (Wildman–Crippen MR) is 145 cm³/mol. The van der Waals surface area contributed by atoms with Gasteiger partial charge >= 0.3 is 6.09 Å². The van der Waals surface area contributed by atoms with Crippen LogP contribution in [0.4, 0.5) is 10.5 Å².